The quantitative estimate of drug-likeness (QED) is 0.630. The maximum Gasteiger partial charge on any atom is 0.226 e. The molecule has 4 heteroatoms. The van der Waals surface area contributed by atoms with Gasteiger partial charge in [0.05, 0.1) is 25.6 Å². The number of likely N-dealkylation sites (tertiary alicyclic amines) is 1. The van der Waals surface area contributed by atoms with Gasteiger partial charge in [-0.15, -0.1) is 0 Å². The van der Waals surface area contributed by atoms with Crippen molar-refractivity contribution in [2.75, 3.05) is 13.1 Å². The van der Waals surface area contributed by atoms with Gasteiger partial charge in [-0.1, -0.05) is 30.3 Å². The molecule has 2 N–H and O–H groups in total. The summed E-state index contributed by atoms with van der Waals surface area (Å²) in [6.07, 6.45) is 3.26. The van der Waals surface area contributed by atoms with E-state index in [2.05, 4.69) is 12.2 Å². The number of carbonyl (C=O) groups is 1. The fourth-order valence-corrected chi connectivity index (χ4v) is 2.61. The third kappa shape index (κ3) is 5.21. The number of rotatable bonds is 5. The average molecular weight is 283 g/mol. The van der Waals surface area contributed by atoms with E-state index >= 15 is 0 Å². The number of quaternary nitrogens is 1. The first-order chi connectivity index (χ1) is 8.75. The number of carbonyl (C=O) groups excluding carboxylic acids is 1. The van der Waals surface area contributed by atoms with E-state index in [1.807, 2.05) is 30.3 Å². The van der Waals surface area contributed by atoms with Crippen LogP contribution in [0.25, 0.3) is 0 Å². The van der Waals surface area contributed by atoms with Crippen LogP contribution in [0.4, 0.5) is 0 Å². The standard InChI is InChI=1S/C15H22N2O.ClH/c1-13(17-9-5-6-10-17)11-15(18)16-12-14-7-3-2-4-8-14;/h2-4,7-8,13H,5-6,9-12H2,1H3,(H,16,18);1H. The van der Waals surface area contributed by atoms with Crippen molar-refractivity contribution in [3.05, 3.63) is 35.9 Å². The Morgan fingerprint density at radius 3 is 2.53 bits per heavy atom. The first-order valence-corrected chi connectivity index (χ1v) is 6.91. The molecule has 1 heterocycles. The van der Waals surface area contributed by atoms with Gasteiger partial charge in [-0.05, 0) is 12.5 Å². The smallest absolute Gasteiger partial charge is 0.226 e. The van der Waals surface area contributed by atoms with Crippen LogP contribution in [0.5, 0.6) is 0 Å². The molecule has 1 aliphatic rings. The molecule has 19 heavy (non-hydrogen) atoms. The third-order valence-electron chi connectivity index (χ3n) is 3.77. The Hall–Kier alpha value is -1.06. The van der Waals surface area contributed by atoms with Crippen LogP contribution in [0.1, 0.15) is 31.7 Å². The number of halogens is 1. The Labute approximate surface area is 121 Å². The van der Waals surface area contributed by atoms with Crippen molar-refractivity contribution >= 4 is 5.91 Å². The van der Waals surface area contributed by atoms with Crippen LogP contribution in [0.2, 0.25) is 0 Å². The first kappa shape index (κ1) is 16.0. The molecule has 1 aromatic carbocycles. The highest BCUT2D eigenvalue weighted by Gasteiger charge is 2.23. The summed E-state index contributed by atoms with van der Waals surface area (Å²) in [5.41, 5.74) is 1.16. The number of benzene rings is 1. The number of hydrogen-bond acceptors (Lipinski definition) is 1. The number of amides is 1. The molecule has 0 aromatic heterocycles. The summed E-state index contributed by atoms with van der Waals surface area (Å²) in [6, 6.07) is 10.5. The molecule has 1 amide bonds. The molecule has 0 radical (unpaired) electrons. The lowest BCUT2D eigenvalue weighted by molar-refractivity contribution is -0.910. The van der Waals surface area contributed by atoms with Gasteiger partial charge in [-0.3, -0.25) is 4.79 Å². The van der Waals surface area contributed by atoms with Crippen LogP contribution in [0.15, 0.2) is 30.3 Å². The molecule has 0 aliphatic carbocycles. The van der Waals surface area contributed by atoms with Crippen molar-refractivity contribution in [3.63, 3.8) is 0 Å². The molecule has 2 rings (SSSR count). The first-order valence-electron chi connectivity index (χ1n) is 6.91. The average Bonchev–Trinajstić information content (AvgIpc) is 2.91. The third-order valence-corrected chi connectivity index (χ3v) is 3.77. The van der Waals surface area contributed by atoms with Crippen molar-refractivity contribution < 1.29 is 22.1 Å². The molecule has 1 unspecified atom stereocenters. The molecule has 1 saturated heterocycles. The fraction of sp³-hybridized carbons (Fsp3) is 0.533. The summed E-state index contributed by atoms with van der Waals surface area (Å²) in [7, 11) is 0. The maximum atomic E-state index is 11.9. The minimum absolute atomic E-state index is 0. The fourth-order valence-electron chi connectivity index (χ4n) is 2.61. The van der Waals surface area contributed by atoms with Crippen molar-refractivity contribution in [2.24, 2.45) is 0 Å². The maximum absolute atomic E-state index is 11.9. The van der Waals surface area contributed by atoms with E-state index in [1.54, 1.807) is 4.90 Å². The van der Waals surface area contributed by atoms with Crippen molar-refractivity contribution in [2.45, 2.75) is 38.8 Å². The molecular weight excluding hydrogens is 260 g/mol. The van der Waals surface area contributed by atoms with E-state index in [4.69, 9.17) is 0 Å². The predicted molar refractivity (Wildman–Crippen MR) is 72.3 cm³/mol. The second-order valence-electron chi connectivity index (χ2n) is 5.23. The molecule has 106 valence electrons. The van der Waals surface area contributed by atoms with E-state index in [-0.39, 0.29) is 18.3 Å². The van der Waals surface area contributed by atoms with Gasteiger partial charge in [0, 0.05) is 19.4 Å². The van der Waals surface area contributed by atoms with Gasteiger partial charge in [-0.25, -0.2) is 0 Å². The highest BCUT2D eigenvalue weighted by atomic mass is 35.5. The van der Waals surface area contributed by atoms with Gasteiger partial charge in [0.25, 0.3) is 0 Å². The second-order valence-corrected chi connectivity index (χ2v) is 5.23. The van der Waals surface area contributed by atoms with Gasteiger partial charge >= 0.3 is 0 Å². The van der Waals surface area contributed by atoms with Crippen LogP contribution in [-0.4, -0.2) is 25.0 Å². The zero-order chi connectivity index (χ0) is 12.8. The van der Waals surface area contributed by atoms with Gasteiger partial charge < -0.3 is 22.6 Å². The van der Waals surface area contributed by atoms with E-state index in [9.17, 15) is 4.79 Å². The van der Waals surface area contributed by atoms with Crippen molar-refractivity contribution in [1.29, 1.82) is 0 Å². The van der Waals surface area contributed by atoms with E-state index in [0.717, 1.165) is 5.56 Å². The lowest BCUT2D eigenvalue weighted by Crippen LogP contribution is -3.13. The zero-order valence-corrected chi connectivity index (χ0v) is 12.2. The lowest BCUT2D eigenvalue weighted by atomic mass is 10.2. The number of nitrogens with one attached hydrogen (secondary N) is 2. The summed E-state index contributed by atoms with van der Waals surface area (Å²) in [6.45, 7) is 5.28. The van der Waals surface area contributed by atoms with Gasteiger partial charge in [0.1, 0.15) is 0 Å². The van der Waals surface area contributed by atoms with Gasteiger partial charge in [0.2, 0.25) is 5.91 Å². The minimum atomic E-state index is 0. The summed E-state index contributed by atoms with van der Waals surface area (Å²) in [5, 5.41) is 3.00. The summed E-state index contributed by atoms with van der Waals surface area (Å²) < 4.78 is 0. The summed E-state index contributed by atoms with van der Waals surface area (Å²) in [4.78, 5) is 13.4. The van der Waals surface area contributed by atoms with E-state index in [0.29, 0.717) is 19.0 Å². The van der Waals surface area contributed by atoms with Crippen LogP contribution < -0.4 is 22.6 Å². The monoisotopic (exact) mass is 282 g/mol. The Kier molecular flexibility index (Phi) is 6.89. The highest BCUT2D eigenvalue weighted by molar-refractivity contribution is 5.76. The van der Waals surface area contributed by atoms with Gasteiger partial charge in [-0.2, -0.15) is 0 Å². The Bertz CT molecular complexity index is 377. The van der Waals surface area contributed by atoms with Crippen molar-refractivity contribution in [1.82, 2.24) is 5.32 Å². The predicted octanol–water partition coefficient (Wildman–Crippen LogP) is -2.24. The molecule has 1 aliphatic heterocycles. The molecule has 1 aromatic rings. The molecule has 0 spiro atoms. The Morgan fingerprint density at radius 1 is 1.26 bits per heavy atom. The van der Waals surface area contributed by atoms with Crippen LogP contribution >= 0.6 is 0 Å². The Morgan fingerprint density at radius 2 is 1.89 bits per heavy atom. The molecule has 0 saturated carbocycles. The van der Waals surface area contributed by atoms with Crippen molar-refractivity contribution in [3.8, 4) is 0 Å². The normalized spacial score (nSPS) is 16.7. The van der Waals surface area contributed by atoms with E-state index in [1.165, 1.54) is 25.9 Å². The van der Waals surface area contributed by atoms with Crippen LogP contribution in [0, 0.1) is 0 Å². The lowest BCUT2D eigenvalue weighted by Gasteiger charge is -2.20. The van der Waals surface area contributed by atoms with Crippen LogP contribution in [0.3, 0.4) is 0 Å². The van der Waals surface area contributed by atoms with E-state index < -0.39 is 0 Å². The topological polar surface area (TPSA) is 33.5 Å². The molecular formula is C15H23ClN2O. The zero-order valence-electron chi connectivity index (χ0n) is 11.5. The molecule has 3 nitrogen and oxygen atoms in total. The molecule has 1 atom stereocenters. The van der Waals surface area contributed by atoms with Crippen LogP contribution in [-0.2, 0) is 11.3 Å². The molecule has 0 bridgehead atoms. The summed E-state index contributed by atoms with van der Waals surface area (Å²) in [5.74, 6) is 0.172. The highest BCUT2D eigenvalue weighted by Crippen LogP contribution is 1.98. The second kappa shape index (κ2) is 8.18. The largest absolute Gasteiger partial charge is 1.00 e. The Balaban J connectivity index is 0.00000180. The SMILES string of the molecule is CC(CC(=O)NCc1ccccc1)[NH+]1CCCC1.[Cl-]. The minimum Gasteiger partial charge on any atom is -1.00 e. The van der Waals surface area contributed by atoms with Gasteiger partial charge in [0.15, 0.2) is 0 Å². The molecule has 1 fully saturated rings. The number of hydrogen-bond donors (Lipinski definition) is 2. The summed E-state index contributed by atoms with van der Waals surface area (Å²) >= 11 is 0.